The van der Waals surface area contributed by atoms with E-state index in [-0.39, 0.29) is 17.6 Å². The van der Waals surface area contributed by atoms with E-state index in [1.807, 2.05) is 24.3 Å². The van der Waals surface area contributed by atoms with Crippen LogP contribution < -0.4 is 5.32 Å². The van der Waals surface area contributed by atoms with Gasteiger partial charge in [0.2, 0.25) is 5.91 Å². The van der Waals surface area contributed by atoms with Gasteiger partial charge in [0.25, 0.3) is 0 Å². The first-order valence-electron chi connectivity index (χ1n) is 10.2. The number of nitrogens with zero attached hydrogens (tertiary/aromatic N) is 1. The minimum atomic E-state index is -0.395. The summed E-state index contributed by atoms with van der Waals surface area (Å²) in [5, 5.41) is 13.0. The smallest absolute Gasteiger partial charge is 0.337 e. The molecule has 1 atom stereocenters. The Bertz CT molecular complexity index is 974. The molecular weight excluding hydrogens is 464 g/mol. The summed E-state index contributed by atoms with van der Waals surface area (Å²) in [6.07, 6.45) is 1.71. The minimum Gasteiger partial charge on any atom is -0.507 e. The molecule has 0 bridgehead atoms. The Balaban J connectivity index is 1.45. The molecule has 8 heteroatoms. The van der Waals surface area contributed by atoms with E-state index in [4.69, 9.17) is 9.47 Å². The summed E-state index contributed by atoms with van der Waals surface area (Å²) in [4.78, 5) is 27.0. The Morgan fingerprint density at radius 2 is 2.00 bits per heavy atom. The van der Waals surface area contributed by atoms with Gasteiger partial charge in [0, 0.05) is 13.1 Å². The molecule has 2 N–H and O–H groups in total. The second kappa shape index (κ2) is 8.98. The number of hydrogen-bond acceptors (Lipinski definition) is 6. The molecule has 2 fully saturated rings. The van der Waals surface area contributed by atoms with Crippen LogP contribution in [0.2, 0.25) is 0 Å². The van der Waals surface area contributed by atoms with Gasteiger partial charge in [0.1, 0.15) is 11.8 Å². The fourth-order valence-corrected chi connectivity index (χ4v) is 4.35. The third-order valence-electron chi connectivity index (χ3n) is 5.91. The highest BCUT2D eigenvalue weighted by atomic mass is 79.9. The lowest BCUT2D eigenvalue weighted by atomic mass is 10.0. The average Bonchev–Trinajstić information content (AvgIpc) is 3.56. The van der Waals surface area contributed by atoms with Crippen molar-refractivity contribution in [3.8, 4) is 5.75 Å². The second-order valence-electron chi connectivity index (χ2n) is 7.99. The van der Waals surface area contributed by atoms with E-state index in [0.29, 0.717) is 36.3 Å². The fourth-order valence-electron chi connectivity index (χ4n) is 3.93. The van der Waals surface area contributed by atoms with Gasteiger partial charge in [0.05, 0.1) is 35.9 Å². The first-order chi connectivity index (χ1) is 14.9. The number of carbonyl (C=O) groups is 2. The molecule has 1 aliphatic heterocycles. The van der Waals surface area contributed by atoms with Crippen LogP contribution in [0.4, 0.5) is 0 Å². The van der Waals surface area contributed by atoms with Crippen LogP contribution in [0, 0.1) is 0 Å². The van der Waals surface area contributed by atoms with E-state index in [9.17, 15) is 14.7 Å². The number of carbonyl (C=O) groups excluding carboxylic acids is 2. The van der Waals surface area contributed by atoms with Gasteiger partial charge in [-0.15, -0.1) is 0 Å². The molecule has 31 heavy (non-hydrogen) atoms. The summed E-state index contributed by atoms with van der Waals surface area (Å²) in [6, 6.07) is 12.2. The van der Waals surface area contributed by atoms with Crippen molar-refractivity contribution in [1.82, 2.24) is 10.2 Å². The predicted molar refractivity (Wildman–Crippen MR) is 118 cm³/mol. The van der Waals surface area contributed by atoms with E-state index < -0.39 is 11.6 Å². The van der Waals surface area contributed by atoms with E-state index in [1.54, 1.807) is 18.2 Å². The molecule has 1 aliphatic carbocycles. The molecule has 1 saturated heterocycles. The van der Waals surface area contributed by atoms with Gasteiger partial charge in [0.15, 0.2) is 0 Å². The van der Waals surface area contributed by atoms with Crippen LogP contribution in [-0.4, -0.2) is 54.8 Å². The molecule has 0 radical (unpaired) electrons. The molecule has 2 aliphatic rings. The first kappa shape index (κ1) is 21.8. The summed E-state index contributed by atoms with van der Waals surface area (Å²) in [7, 11) is 1.35. The van der Waals surface area contributed by atoms with Crippen molar-refractivity contribution in [2.75, 3.05) is 26.9 Å². The number of esters is 1. The highest BCUT2D eigenvalue weighted by Gasteiger charge is 2.47. The molecule has 0 spiro atoms. The molecule has 7 nitrogen and oxygen atoms in total. The summed E-state index contributed by atoms with van der Waals surface area (Å²) in [5.41, 5.74) is 2.08. The van der Waals surface area contributed by atoms with Crippen LogP contribution in [0.25, 0.3) is 0 Å². The molecule has 2 aromatic rings. The Morgan fingerprint density at radius 1 is 1.26 bits per heavy atom. The van der Waals surface area contributed by atoms with Crippen molar-refractivity contribution in [3.63, 3.8) is 0 Å². The normalized spacial score (nSPS) is 20.1. The molecular formula is C23H25BrN2O5. The summed E-state index contributed by atoms with van der Waals surface area (Å²) >= 11 is 3.35. The Labute approximate surface area is 189 Å². The maximum atomic E-state index is 13.2. The van der Waals surface area contributed by atoms with Gasteiger partial charge >= 0.3 is 5.97 Å². The van der Waals surface area contributed by atoms with E-state index in [0.717, 1.165) is 24.0 Å². The van der Waals surface area contributed by atoms with Crippen molar-refractivity contribution in [2.24, 2.45) is 0 Å². The molecule has 4 rings (SSSR count). The first-order valence-corrected chi connectivity index (χ1v) is 11.0. The van der Waals surface area contributed by atoms with Crippen molar-refractivity contribution in [2.45, 2.75) is 31.0 Å². The number of rotatable bonds is 6. The topological polar surface area (TPSA) is 88.1 Å². The molecule has 0 aromatic heterocycles. The number of amides is 1. The van der Waals surface area contributed by atoms with Crippen LogP contribution >= 0.6 is 15.9 Å². The lowest BCUT2D eigenvalue weighted by molar-refractivity contribution is -0.134. The maximum absolute atomic E-state index is 13.2. The monoisotopic (exact) mass is 488 g/mol. The van der Waals surface area contributed by atoms with Crippen LogP contribution in [-0.2, 0) is 26.4 Å². The molecule has 164 valence electrons. The van der Waals surface area contributed by atoms with Crippen molar-refractivity contribution in [1.29, 1.82) is 0 Å². The lowest BCUT2D eigenvalue weighted by Gasteiger charge is -2.35. The van der Waals surface area contributed by atoms with Gasteiger partial charge in [-0.3, -0.25) is 9.69 Å². The summed E-state index contributed by atoms with van der Waals surface area (Å²) < 4.78 is 11.0. The van der Waals surface area contributed by atoms with Crippen molar-refractivity contribution < 1.29 is 24.2 Å². The molecule has 1 amide bonds. The number of phenolic OH excluding ortho intramolecular Hbond substituents is 1. The summed E-state index contributed by atoms with van der Waals surface area (Å²) in [5.74, 6) is -0.253. The van der Waals surface area contributed by atoms with E-state index >= 15 is 0 Å². The van der Waals surface area contributed by atoms with Crippen LogP contribution in [0.1, 0.15) is 34.3 Å². The van der Waals surface area contributed by atoms with Crippen molar-refractivity contribution >= 4 is 27.8 Å². The van der Waals surface area contributed by atoms with Gasteiger partial charge in [-0.1, -0.05) is 18.2 Å². The van der Waals surface area contributed by atoms with Crippen LogP contribution in [0.3, 0.4) is 0 Å². The van der Waals surface area contributed by atoms with Gasteiger partial charge in [-0.05, 0) is 64.2 Å². The number of nitrogens with one attached hydrogen (secondary N) is 1. The highest BCUT2D eigenvalue weighted by Crippen LogP contribution is 2.45. The number of methoxy groups -OCH3 is 1. The Morgan fingerprint density at radius 3 is 2.65 bits per heavy atom. The fraction of sp³-hybridized carbons (Fsp3) is 0.391. The number of ether oxygens (including phenoxy) is 2. The zero-order valence-electron chi connectivity index (χ0n) is 17.3. The second-order valence-corrected chi connectivity index (χ2v) is 8.84. The number of halogens is 1. The van der Waals surface area contributed by atoms with Gasteiger partial charge in [-0.2, -0.15) is 0 Å². The van der Waals surface area contributed by atoms with Crippen LogP contribution in [0.15, 0.2) is 46.9 Å². The summed E-state index contributed by atoms with van der Waals surface area (Å²) in [6.45, 7) is 2.14. The van der Waals surface area contributed by atoms with Crippen molar-refractivity contribution in [3.05, 3.63) is 63.6 Å². The minimum absolute atomic E-state index is 0.0629. The molecule has 0 unspecified atom stereocenters. The number of phenols is 1. The lowest BCUT2D eigenvalue weighted by Crippen LogP contribution is -2.55. The Hall–Kier alpha value is -2.42. The highest BCUT2D eigenvalue weighted by molar-refractivity contribution is 9.10. The molecule has 1 saturated carbocycles. The molecule has 1 heterocycles. The zero-order valence-corrected chi connectivity index (χ0v) is 18.9. The van der Waals surface area contributed by atoms with Gasteiger partial charge < -0.3 is 19.9 Å². The number of morpholine rings is 1. The van der Waals surface area contributed by atoms with E-state index in [2.05, 4.69) is 26.1 Å². The number of aromatic hydroxyl groups is 1. The third kappa shape index (κ3) is 4.76. The maximum Gasteiger partial charge on any atom is 0.337 e. The molecule has 2 aromatic carbocycles. The standard InChI is InChI=1S/C23H25BrN2O5/c1-30-22(29)16-3-5-17(6-4-16)23(8-9-23)25-21(28)19-14-31-11-10-26(19)13-15-2-7-20(27)18(24)12-15/h2-7,12,19,27H,8-11,13-14H2,1H3,(H,25,28)/t19-/m1/s1. The van der Waals surface area contributed by atoms with E-state index in [1.165, 1.54) is 7.11 Å². The number of hydrogen-bond donors (Lipinski definition) is 2. The zero-order chi connectivity index (χ0) is 22.0. The largest absolute Gasteiger partial charge is 0.507 e. The number of benzene rings is 2. The Kier molecular flexibility index (Phi) is 6.31. The SMILES string of the molecule is COC(=O)c1ccc(C2(NC(=O)[C@H]3COCCN3Cc3ccc(O)c(Br)c3)CC2)cc1. The predicted octanol–water partition coefficient (Wildman–Crippen LogP) is 2.95. The van der Waals surface area contributed by atoms with Crippen LogP contribution in [0.5, 0.6) is 5.75 Å². The van der Waals surface area contributed by atoms with Gasteiger partial charge in [-0.25, -0.2) is 4.79 Å². The average molecular weight is 489 g/mol. The third-order valence-corrected chi connectivity index (χ3v) is 6.55. The quantitative estimate of drug-likeness (QED) is 0.607.